The van der Waals surface area contributed by atoms with Gasteiger partial charge in [-0.3, -0.25) is 4.57 Å². The van der Waals surface area contributed by atoms with E-state index in [9.17, 15) is 0 Å². The van der Waals surface area contributed by atoms with Crippen molar-refractivity contribution in [2.24, 2.45) is 0 Å². The van der Waals surface area contributed by atoms with Gasteiger partial charge in [-0.25, -0.2) is 4.98 Å². The van der Waals surface area contributed by atoms with Crippen LogP contribution >= 0.6 is 23.1 Å². The molecule has 1 aliphatic carbocycles. The van der Waals surface area contributed by atoms with E-state index in [0.29, 0.717) is 6.04 Å². The van der Waals surface area contributed by atoms with Gasteiger partial charge in [0.15, 0.2) is 11.0 Å². The first-order chi connectivity index (χ1) is 12.3. The van der Waals surface area contributed by atoms with Crippen LogP contribution in [0.4, 0.5) is 0 Å². The third-order valence-electron chi connectivity index (χ3n) is 4.32. The summed E-state index contributed by atoms with van der Waals surface area (Å²) in [6.07, 6.45) is 6.65. The smallest absolute Gasteiger partial charge is 0.192 e. The van der Waals surface area contributed by atoms with Crippen molar-refractivity contribution < 1.29 is 0 Å². The standard InChI is InChI=1S/C18H17N5S2/c1-12-4-7-16-19-13(10-22(16)9-12)11-25-18-21-20-17(15-3-2-8-24-15)23(18)14-5-6-14/h2-4,7-10,14H,5-6,11H2,1H3. The highest BCUT2D eigenvalue weighted by molar-refractivity contribution is 7.98. The Morgan fingerprint density at radius 3 is 2.92 bits per heavy atom. The maximum atomic E-state index is 4.70. The van der Waals surface area contributed by atoms with Crippen LogP contribution in [0.5, 0.6) is 0 Å². The topological polar surface area (TPSA) is 48.0 Å². The van der Waals surface area contributed by atoms with Crippen LogP contribution in [0, 0.1) is 6.92 Å². The molecule has 0 unspecified atom stereocenters. The Balaban J connectivity index is 1.42. The molecule has 1 saturated carbocycles. The summed E-state index contributed by atoms with van der Waals surface area (Å²) < 4.78 is 4.41. The molecule has 1 aliphatic rings. The van der Waals surface area contributed by atoms with Crippen LogP contribution in [-0.4, -0.2) is 24.1 Å². The summed E-state index contributed by atoms with van der Waals surface area (Å²) in [7, 11) is 0. The second-order valence-corrected chi connectivity index (χ2v) is 8.27. The number of fused-ring (bicyclic) bond motifs is 1. The number of thiophene rings is 1. The molecule has 126 valence electrons. The zero-order valence-electron chi connectivity index (χ0n) is 13.8. The van der Waals surface area contributed by atoms with Crippen molar-refractivity contribution in [3.05, 3.63) is 53.3 Å². The molecule has 25 heavy (non-hydrogen) atoms. The Morgan fingerprint density at radius 1 is 1.20 bits per heavy atom. The van der Waals surface area contributed by atoms with E-state index in [1.165, 1.54) is 23.3 Å². The highest BCUT2D eigenvalue weighted by atomic mass is 32.2. The largest absolute Gasteiger partial charge is 0.307 e. The number of thioether (sulfide) groups is 1. The number of aryl methyl sites for hydroxylation is 1. The van der Waals surface area contributed by atoms with Gasteiger partial charge in [-0.2, -0.15) is 0 Å². The van der Waals surface area contributed by atoms with Crippen LogP contribution in [0.1, 0.15) is 30.1 Å². The molecule has 1 fully saturated rings. The molecule has 4 aromatic heterocycles. The number of imidazole rings is 1. The summed E-state index contributed by atoms with van der Waals surface area (Å²) >= 11 is 3.44. The van der Waals surface area contributed by atoms with E-state index in [0.717, 1.165) is 28.1 Å². The zero-order chi connectivity index (χ0) is 16.8. The van der Waals surface area contributed by atoms with Crippen LogP contribution in [0.3, 0.4) is 0 Å². The number of aromatic nitrogens is 5. The molecule has 0 spiro atoms. The van der Waals surface area contributed by atoms with Crippen LogP contribution in [0.2, 0.25) is 0 Å². The van der Waals surface area contributed by atoms with E-state index >= 15 is 0 Å². The molecule has 5 rings (SSSR count). The van der Waals surface area contributed by atoms with Gasteiger partial charge in [-0.05, 0) is 42.8 Å². The predicted molar refractivity (Wildman–Crippen MR) is 101 cm³/mol. The Hall–Kier alpha value is -2.12. The molecule has 7 heteroatoms. The lowest BCUT2D eigenvalue weighted by Crippen LogP contribution is -1.99. The van der Waals surface area contributed by atoms with Gasteiger partial charge in [-0.15, -0.1) is 21.5 Å². The van der Waals surface area contributed by atoms with E-state index < -0.39 is 0 Å². The first kappa shape index (κ1) is 15.2. The maximum absolute atomic E-state index is 4.70. The second kappa shape index (κ2) is 6.00. The summed E-state index contributed by atoms with van der Waals surface area (Å²) in [4.78, 5) is 5.89. The van der Waals surface area contributed by atoms with Gasteiger partial charge in [0, 0.05) is 24.2 Å². The lowest BCUT2D eigenvalue weighted by molar-refractivity contribution is 0.670. The first-order valence-corrected chi connectivity index (χ1v) is 10.2. The summed E-state index contributed by atoms with van der Waals surface area (Å²) in [6, 6.07) is 8.89. The van der Waals surface area contributed by atoms with Crippen molar-refractivity contribution in [2.45, 2.75) is 36.7 Å². The summed E-state index contributed by atoms with van der Waals surface area (Å²) in [6.45, 7) is 2.10. The molecular weight excluding hydrogens is 350 g/mol. The molecule has 0 atom stereocenters. The Kier molecular flexibility index (Phi) is 3.64. The van der Waals surface area contributed by atoms with Gasteiger partial charge in [0.2, 0.25) is 0 Å². The fourth-order valence-corrected chi connectivity index (χ4v) is 4.57. The van der Waals surface area contributed by atoms with Gasteiger partial charge in [0.1, 0.15) is 5.65 Å². The third-order valence-corrected chi connectivity index (χ3v) is 6.16. The van der Waals surface area contributed by atoms with Crippen LogP contribution in [-0.2, 0) is 5.75 Å². The minimum Gasteiger partial charge on any atom is -0.307 e. The maximum Gasteiger partial charge on any atom is 0.192 e. The molecule has 4 aromatic rings. The molecule has 0 bridgehead atoms. The first-order valence-electron chi connectivity index (χ1n) is 8.34. The molecule has 0 N–H and O–H groups in total. The number of hydrogen-bond donors (Lipinski definition) is 0. The lowest BCUT2D eigenvalue weighted by atomic mass is 10.3. The third kappa shape index (κ3) is 2.87. The minimum absolute atomic E-state index is 0.554. The lowest BCUT2D eigenvalue weighted by Gasteiger charge is -2.06. The fraction of sp³-hybridized carbons (Fsp3) is 0.278. The normalized spacial score (nSPS) is 14.4. The van der Waals surface area contributed by atoms with Crippen LogP contribution in [0.25, 0.3) is 16.3 Å². The molecule has 0 amide bonds. The van der Waals surface area contributed by atoms with E-state index in [2.05, 4.69) is 68.1 Å². The summed E-state index contributed by atoms with van der Waals surface area (Å²) in [5, 5.41) is 12.0. The molecule has 4 heterocycles. The number of hydrogen-bond acceptors (Lipinski definition) is 5. The molecule has 0 saturated heterocycles. The highest BCUT2D eigenvalue weighted by Gasteiger charge is 2.30. The highest BCUT2D eigenvalue weighted by Crippen LogP contribution is 2.42. The summed E-state index contributed by atoms with van der Waals surface area (Å²) in [5.74, 6) is 1.81. The van der Waals surface area contributed by atoms with Crippen molar-refractivity contribution in [3.8, 4) is 10.7 Å². The fourth-order valence-electron chi connectivity index (χ4n) is 2.97. The molecule has 0 aromatic carbocycles. The van der Waals surface area contributed by atoms with Gasteiger partial charge in [-0.1, -0.05) is 23.9 Å². The van der Waals surface area contributed by atoms with E-state index in [1.807, 2.05) is 0 Å². The number of pyridine rings is 1. The van der Waals surface area contributed by atoms with Crippen LogP contribution < -0.4 is 0 Å². The van der Waals surface area contributed by atoms with Gasteiger partial charge < -0.3 is 4.40 Å². The van der Waals surface area contributed by atoms with Gasteiger partial charge in [0.25, 0.3) is 0 Å². The second-order valence-electron chi connectivity index (χ2n) is 6.38. The van der Waals surface area contributed by atoms with Crippen molar-refractivity contribution in [2.75, 3.05) is 0 Å². The molecule has 5 nitrogen and oxygen atoms in total. The Labute approximate surface area is 153 Å². The quantitative estimate of drug-likeness (QED) is 0.484. The van der Waals surface area contributed by atoms with E-state index in [1.54, 1.807) is 23.1 Å². The predicted octanol–water partition coefficient (Wildman–Crippen LogP) is 4.59. The van der Waals surface area contributed by atoms with Gasteiger partial charge >= 0.3 is 0 Å². The van der Waals surface area contributed by atoms with Crippen molar-refractivity contribution in [3.63, 3.8) is 0 Å². The van der Waals surface area contributed by atoms with E-state index in [4.69, 9.17) is 4.98 Å². The van der Waals surface area contributed by atoms with E-state index in [-0.39, 0.29) is 0 Å². The average Bonchev–Trinajstić information content (AvgIpc) is 3.03. The molecule has 0 aliphatic heterocycles. The van der Waals surface area contributed by atoms with Crippen molar-refractivity contribution >= 4 is 28.7 Å². The number of nitrogens with zero attached hydrogens (tertiary/aromatic N) is 5. The molecule has 0 radical (unpaired) electrons. The van der Waals surface area contributed by atoms with Gasteiger partial charge in [0.05, 0.1) is 10.6 Å². The SMILES string of the molecule is Cc1ccc2nc(CSc3nnc(-c4cccs4)n3C3CC3)cn2c1. The summed E-state index contributed by atoms with van der Waals surface area (Å²) in [5.41, 5.74) is 3.29. The molecular formula is C18H17N5S2. The zero-order valence-corrected chi connectivity index (χ0v) is 15.4. The monoisotopic (exact) mass is 367 g/mol. The van der Waals surface area contributed by atoms with Crippen molar-refractivity contribution in [1.29, 1.82) is 0 Å². The minimum atomic E-state index is 0.554. The van der Waals surface area contributed by atoms with Crippen molar-refractivity contribution in [1.82, 2.24) is 24.1 Å². The average molecular weight is 368 g/mol. The Morgan fingerprint density at radius 2 is 2.12 bits per heavy atom. The van der Waals surface area contributed by atoms with Crippen LogP contribution in [0.15, 0.2) is 47.2 Å². The Bertz CT molecular complexity index is 1030. The number of rotatable bonds is 5.